The van der Waals surface area contributed by atoms with Crippen LogP contribution in [0.25, 0.3) is 0 Å². The minimum atomic E-state index is -0.881. The van der Waals surface area contributed by atoms with Gasteiger partial charge in [-0.1, -0.05) is 0 Å². The number of hydrogen-bond acceptors (Lipinski definition) is 5. The number of nitrogens with one attached hydrogen (secondary N) is 1. The van der Waals surface area contributed by atoms with E-state index in [4.69, 9.17) is 5.26 Å². The molecule has 0 aromatic carbocycles. The van der Waals surface area contributed by atoms with E-state index in [2.05, 4.69) is 21.6 Å². The molecule has 6 heteroatoms. The van der Waals surface area contributed by atoms with Gasteiger partial charge in [0.25, 0.3) is 0 Å². The van der Waals surface area contributed by atoms with Crippen molar-refractivity contribution in [2.24, 2.45) is 0 Å². The summed E-state index contributed by atoms with van der Waals surface area (Å²) in [6, 6.07) is 2.11. The highest BCUT2D eigenvalue weighted by Crippen LogP contribution is 2.17. The van der Waals surface area contributed by atoms with Crippen LogP contribution in [0.4, 0.5) is 5.82 Å². The predicted octanol–water partition coefficient (Wildman–Crippen LogP) is 1.14. The third-order valence-electron chi connectivity index (χ3n) is 2.43. The lowest BCUT2D eigenvalue weighted by Crippen LogP contribution is -2.24. The second kappa shape index (κ2) is 5.73. The molecule has 1 N–H and O–H groups in total. The van der Waals surface area contributed by atoms with Gasteiger partial charge >= 0.3 is 0 Å². The first-order valence-corrected chi connectivity index (χ1v) is 6.99. The summed E-state index contributed by atoms with van der Waals surface area (Å²) in [5, 5.41) is 20.1. The van der Waals surface area contributed by atoms with Crippen molar-refractivity contribution < 1.29 is 4.21 Å². The third-order valence-corrected chi connectivity index (χ3v) is 3.40. The molecule has 1 aromatic heterocycles. The maximum atomic E-state index is 11.1. The lowest BCUT2D eigenvalue weighted by atomic mass is 10.1. The lowest BCUT2D eigenvalue weighted by molar-refractivity contribution is 0.682. The van der Waals surface area contributed by atoms with Gasteiger partial charge in [-0.2, -0.15) is 10.4 Å². The van der Waals surface area contributed by atoms with E-state index in [1.165, 1.54) is 0 Å². The number of nitriles is 1. The molecule has 2 unspecified atom stereocenters. The molecule has 2 atom stereocenters. The van der Waals surface area contributed by atoms with Crippen LogP contribution in [0.1, 0.15) is 23.7 Å². The maximum Gasteiger partial charge on any atom is 0.167 e. The number of aromatic nitrogens is 2. The number of nitrogens with zero attached hydrogens (tertiary/aromatic N) is 3. The molecule has 92 valence electrons. The first kappa shape index (κ1) is 13.6. The molecule has 0 aliphatic carbocycles. The summed E-state index contributed by atoms with van der Waals surface area (Å²) >= 11 is 0. The van der Waals surface area contributed by atoms with Crippen LogP contribution in [-0.2, 0) is 10.8 Å². The Balaban J connectivity index is 2.96. The smallest absolute Gasteiger partial charge is 0.167 e. The molecular weight excluding hydrogens is 236 g/mol. The van der Waals surface area contributed by atoms with Crippen molar-refractivity contribution >= 4 is 16.6 Å². The van der Waals surface area contributed by atoms with E-state index in [0.717, 1.165) is 11.3 Å². The first-order chi connectivity index (χ1) is 7.95. The molecule has 0 fully saturated rings. The van der Waals surface area contributed by atoms with E-state index >= 15 is 0 Å². The largest absolute Gasteiger partial charge is 0.364 e. The van der Waals surface area contributed by atoms with E-state index in [1.807, 2.05) is 20.8 Å². The summed E-state index contributed by atoms with van der Waals surface area (Å²) in [5.41, 5.74) is 2.08. The molecule has 0 bridgehead atoms. The molecule has 1 aromatic rings. The van der Waals surface area contributed by atoms with Gasteiger partial charge in [-0.05, 0) is 26.3 Å². The van der Waals surface area contributed by atoms with E-state index in [-0.39, 0.29) is 6.04 Å². The molecule has 0 saturated carbocycles. The SMILES string of the molecule is Cc1nnc(NC(C)CS(C)=O)c(C#N)c1C. The molecule has 5 nitrogen and oxygen atoms in total. The molecule has 0 aliphatic heterocycles. The quantitative estimate of drug-likeness (QED) is 0.869. The maximum absolute atomic E-state index is 11.1. The van der Waals surface area contributed by atoms with Crippen LogP contribution < -0.4 is 5.32 Å². The summed E-state index contributed by atoms with van der Waals surface area (Å²) in [5.74, 6) is 0.980. The fourth-order valence-electron chi connectivity index (χ4n) is 1.47. The van der Waals surface area contributed by atoms with Crippen LogP contribution >= 0.6 is 0 Å². The Labute approximate surface area is 104 Å². The molecular formula is C11H16N4OS. The lowest BCUT2D eigenvalue weighted by Gasteiger charge is -2.14. The van der Waals surface area contributed by atoms with Gasteiger partial charge in [0, 0.05) is 28.9 Å². The van der Waals surface area contributed by atoms with Gasteiger partial charge in [-0.15, -0.1) is 5.10 Å². The summed E-state index contributed by atoms with van der Waals surface area (Å²) < 4.78 is 11.1. The summed E-state index contributed by atoms with van der Waals surface area (Å²) in [6.07, 6.45) is 1.65. The Kier molecular flexibility index (Phi) is 4.58. The highest BCUT2D eigenvalue weighted by Gasteiger charge is 2.13. The standard InChI is InChI=1S/C11H16N4OS/c1-7(6-17(4)16)13-11-10(5-12)8(2)9(3)14-15-11/h7H,6H2,1-4H3,(H,13,15). The summed E-state index contributed by atoms with van der Waals surface area (Å²) in [6.45, 7) is 5.56. The summed E-state index contributed by atoms with van der Waals surface area (Å²) in [4.78, 5) is 0. The predicted molar refractivity (Wildman–Crippen MR) is 68.2 cm³/mol. The van der Waals surface area contributed by atoms with Crippen LogP contribution in [0.2, 0.25) is 0 Å². The molecule has 1 heterocycles. The van der Waals surface area contributed by atoms with Crippen molar-refractivity contribution in [3.63, 3.8) is 0 Å². The highest BCUT2D eigenvalue weighted by atomic mass is 32.2. The van der Waals surface area contributed by atoms with Gasteiger partial charge in [0.15, 0.2) is 5.82 Å². The molecule has 0 aliphatic rings. The van der Waals surface area contributed by atoms with Gasteiger partial charge in [0.2, 0.25) is 0 Å². The van der Waals surface area contributed by atoms with E-state index in [9.17, 15) is 4.21 Å². The first-order valence-electron chi connectivity index (χ1n) is 5.26. The number of anilines is 1. The fraction of sp³-hybridized carbons (Fsp3) is 0.545. The van der Waals surface area contributed by atoms with Crippen LogP contribution in [0.15, 0.2) is 0 Å². The van der Waals surface area contributed by atoms with Gasteiger partial charge in [-0.25, -0.2) is 0 Å². The molecule has 0 saturated heterocycles. The third kappa shape index (κ3) is 3.49. The number of hydrogen-bond donors (Lipinski definition) is 1. The average Bonchev–Trinajstić information content (AvgIpc) is 2.23. The zero-order valence-corrected chi connectivity index (χ0v) is 11.3. The second-order valence-corrected chi connectivity index (χ2v) is 5.51. The van der Waals surface area contributed by atoms with Crippen LogP contribution in [0, 0.1) is 25.2 Å². The Morgan fingerprint density at radius 2 is 2.12 bits per heavy atom. The monoisotopic (exact) mass is 252 g/mol. The molecule has 17 heavy (non-hydrogen) atoms. The van der Waals surface area contributed by atoms with Gasteiger partial charge in [-0.3, -0.25) is 4.21 Å². The zero-order valence-electron chi connectivity index (χ0n) is 10.4. The van der Waals surface area contributed by atoms with Gasteiger partial charge in [0.05, 0.1) is 5.69 Å². The second-order valence-electron chi connectivity index (χ2n) is 4.03. The molecule has 1 rings (SSSR count). The normalized spacial score (nSPS) is 13.8. The Morgan fingerprint density at radius 3 is 2.65 bits per heavy atom. The van der Waals surface area contributed by atoms with Crippen LogP contribution in [0.3, 0.4) is 0 Å². The average molecular weight is 252 g/mol. The number of aryl methyl sites for hydroxylation is 1. The van der Waals surface area contributed by atoms with Crippen LogP contribution in [0.5, 0.6) is 0 Å². The molecule has 0 radical (unpaired) electrons. The van der Waals surface area contributed by atoms with Crippen molar-refractivity contribution in [2.75, 3.05) is 17.3 Å². The van der Waals surface area contributed by atoms with E-state index in [0.29, 0.717) is 17.1 Å². The van der Waals surface area contributed by atoms with Gasteiger partial charge < -0.3 is 5.32 Å². The Bertz CT molecular complexity index is 481. The van der Waals surface area contributed by atoms with Crippen LogP contribution in [-0.4, -0.2) is 32.5 Å². The van der Waals surface area contributed by atoms with Crippen molar-refractivity contribution in [1.82, 2.24) is 10.2 Å². The Hall–Kier alpha value is -1.48. The highest BCUT2D eigenvalue weighted by molar-refractivity contribution is 7.84. The minimum absolute atomic E-state index is 0.00987. The van der Waals surface area contributed by atoms with E-state index in [1.54, 1.807) is 6.26 Å². The van der Waals surface area contributed by atoms with Crippen molar-refractivity contribution in [2.45, 2.75) is 26.8 Å². The summed E-state index contributed by atoms with van der Waals surface area (Å²) in [7, 11) is -0.881. The minimum Gasteiger partial charge on any atom is -0.364 e. The van der Waals surface area contributed by atoms with Gasteiger partial charge in [0.1, 0.15) is 11.6 Å². The molecule has 0 spiro atoms. The van der Waals surface area contributed by atoms with Crippen molar-refractivity contribution in [1.29, 1.82) is 5.26 Å². The van der Waals surface area contributed by atoms with Crippen molar-refractivity contribution in [3.05, 3.63) is 16.8 Å². The number of rotatable bonds is 4. The zero-order chi connectivity index (χ0) is 13.0. The van der Waals surface area contributed by atoms with E-state index < -0.39 is 10.8 Å². The topological polar surface area (TPSA) is 78.7 Å². The molecule has 0 amide bonds. The fourth-order valence-corrected chi connectivity index (χ4v) is 2.26. The Morgan fingerprint density at radius 1 is 1.47 bits per heavy atom. The van der Waals surface area contributed by atoms with Crippen molar-refractivity contribution in [3.8, 4) is 6.07 Å².